The van der Waals surface area contributed by atoms with Crippen molar-refractivity contribution in [2.24, 2.45) is 5.92 Å². The molecule has 0 aliphatic heterocycles. The van der Waals surface area contributed by atoms with Gasteiger partial charge in [0.05, 0.1) is 12.7 Å². The van der Waals surface area contributed by atoms with Crippen molar-refractivity contribution in [3.05, 3.63) is 0 Å². The summed E-state index contributed by atoms with van der Waals surface area (Å²) in [6, 6.07) is 0.676. The first-order chi connectivity index (χ1) is 8.34. The maximum atomic E-state index is 5.92. The Balaban J connectivity index is 1.44. The summed E-state index contributed by atoms with van der Waals surface area (Å²) in [6.45, 7) is 4.25. The molecule has 0 aromatic rings. The maximum Gasteiger partial charge on any atom is 0.0594 e. The van der Waals surface area contributed by atoms with Crippen molar-refractivity contribution in [2.75, 3.05) is 13.2 Å². The fraction of sp³-hybridized carbons (Fsp3) is 1.00. The van der Waals surface area contributed by atoms with Crippen LogP contribution in [-0.4, -0.2) is 25.3 Å². The number of ether oxygens (including phenoxy) is 1. The second-order valence-corrected chi connectivity index (χ2v) is 6.02. The normalized spacial score (nSPS) is 24.5. The van der Waals surface area contributed by atoms with E-state index in [4.69, 9.17) is 4.74 Å². The first kappa shape index (κ1) is 13.4. The van der Waals surface area contributed by atoms with Gasteiger partial charge in [-0.2, -0.15) is 0 Å². The van der Waals surface area contributed by atoms with Crippen molar-refractivity contribution < 1.29 is 4.74 Å². The third kappa shape index (κ3) is 4.97. The lowest BCUT2D eigenvalue weighted by atomic mass is 9.81. The average molecular weight is 239 g/mol. The van der Waals surface area contributed by atoms with E-state index >= 15 is 0 Å². The summed E-state index contributed by atoms with van der Waals surface area (Å²) < 4.78 is 5.92. The Morgan fingerprint density at radius 1 is 1.06 bits per heavy atom. The quantitative estimate of drug-likeness (QED) is 0.687. The minimum atomic E-state index is 0.562. The molecule has 2 nitrogen and oxygen atoms in total. The van der Waals surface area contributed by atoms with Crippen LogP contribution in [0.15, 0.2) is 0 Å². The van der Waals surface area contributed by atoms with Gasteiger partial charge >= 0.3 is 0 Å². The van der Waals surface area contributed by atoms with Gasteiger partial charge in [0, 0.05) is 12.6 Å². The van der Waals surface area contributed by atoms with Gasteiger partial charge in [0.15, 0.2) is 0 Å². The van der Waals surface area contributed by atoms with E-state index in [1.165, 1.54) is 57.8 Å². The molecule has 2 fully saturated rings. The summed E-state index contributed by atoms with van der Waals surface area (Å²) in [6.07, 6.45) is 13.0. The molecule has 1 N–H and O–H groups in total. The number of hydrogen-bond donors (Lipinski definition) is 1. The molecule has 17 heavy (non-hydrogen) atoms. The first-order valence-corrected chi connectivity index (χ1v) is 7.69. The van der Waals surface area contributed by atoms with Crippen molar-refractivity contribution >= 4 is 0 Å². The predicted octanol–water partition coefficient (Wildman–Crippen LogP) is 3.50. The van der Waals surface area contributed by atoms with Gasteiger partial charge in [0.25, 0.3) is 0 Å². The number of nitrogens with one attached hydrogen (secondary N) is 1. The zero-order valence-electron chi connectivity index (χ0n) is 11.4. The molecule has 0 saturated heterocycles. The Hall–Kier alpha value is -0.0800. The highest BCUT2D eigenvalue weighted by Gasteiger charge is 2.19. The van der Waals surface area contributed by atoms with Crippen LogP contribution in [-0.2, 0) is 4.74 Å². The topological polar surface area (TPSA) is 21.3 Å². The average Bonchev–Trinajstić information content (AvgIpc) is 2.31. The van der Waals surface area contributed by atoms with Crippen molar-refractivity contribution in [1.82, 2.24) is 5.32 Å². The van der Waals surface area contributed by atoms with Crippen molar-refractivity contribution in [1.29, 1.82) is 0 Å². The van der Waals surface area contributed by atoms with E-state index in [-0.39, 0.29) is 0 Å². The Labute approximate surface area is 107 Å². The van der Waals surface area contributed by atoms with Crippen molar-refractivity contribution in [3.8, 4) is 0 Å². The summed E-state index contributed by atoms with van der Waals surface area (Å²) in [5.41, 5.74) is 0. The van der Waals surface area contributed by atoms with Crippen LogP contribution in [0.2, 0.25) is 0 Å². The Morgan fingerprint density at radius 2 is 1.82 bits per heavy atom. The molecule has 2 saturated carbocycles. The van der Waals surface area contributed by atoms with Gasteiger partial charge in [-0.1, -0.05) is 38.5 Å². The molecule has 2 aliphatic rings. The Kier molecular flexibility index (Phi) is 5.79. The second-order valence-electron chi connectivity index (χ2n) is 6.02. The van der Waals surface area contributed by atoms with E-state index in [1.807, 2.05) is 0 Å². The monoisotopic (exact) mass is 239 g/mol. The zero-order valence-corrected chi connectivity index (χ0v) is 11.4. The third-order valence-electron chi connectivity index (χ3n) is 4.41. The van der Waals surface area contributed by atoms with Gasteiger partial charge in [-0.05, 0) is 32.1 Å². The van der Waals surface area contributed by atoms with Gasteiger partial charge in [0.1, 0.15) is 0 Å². The fourth-order valence-corrected chi connectivity index (χ4v) is 3.07. The lowest BCUT2D eigenvalue weighted by molar-refractivity contribution is 0.0291. The maximum absolute atomic E-state index is 5.92. The molecular formula is C15H29NO. The van der Waals surface area contributed by atoms with Gasteiger partial charge < -0.3 is 10.1 Å². The molecular weight excluding hydrogens is 210 g/mol. The largest absolute Gasteiger partial charge is 0.377 e. The van der Waals surface area contributed by atoms with Crippen molar-refractivity contribution in [2.45, 2.75) is 76.9 Å². The molecule has 2 rings (SSSR count). The van der Waals surface area contributed by atoms with Crippen LogP contribution in [0.4, 0.5) is 0 Å². The van der Waals surface area contributed by atoms with Crippen LogP contribution >= 0.6 is 0 Å². The smallest absolute Gasteiger partial charge is 0.0594 e. The molecule has 0 bridgehead atoms. The van der Waals surface area contributed by atoms with E-state index < -0.39 is 0 Å². The lowest BCUT2D eigenvalue weighted by Gasteiger charge is -2.28. The SMILES string of the molecule is CC(CC1CCC1)NCCOC1CCCCC1. The summed E-state index contributed by atoms with van der Waals surface area (Å²) >= 11 is 0. The van der Waals surface area contributed by atoms with Crippen LogP contribution in [0.1, 0.15) is 64.7 Å². The first-order valence-electron chi connectivity index (χ1n) is 7.69. The molecule has 2 aliphatic carbocycles. The molecule has 100 valence electrons. The number of hydrogen-bond acceptors (Lipinski definition) is 2. The third-order valence-corrected chi connectivity index (χ3v) is 4.41. The Morgan fingerprint density at radius 3 is 2.47 bits per heavy atom. The van der Waals surface area contributed by atoms with E-state index in [0.29, 0.717) is 12.1 Å². The van der Waals surface area contributed by atoms with Gasteiger partial charge in [-0.25, -0.2) is 0 Å². The lowest BCUT2D eigenvalue weighted by Crippen LogP contribution is -2.33. The summed E-state index contributed by atoms with van der Waals surface area (Å²) in [5.74, 6) is 1.01. The van der Waals surface area contributed by atoms with E-state index in [9.17, 15) is 0 Å². The molecule has 0 aromatic heterocycles. The van der Waals surface area contributed by atoms with Gasteiger partial charge in [0.2, 0.25) is 0 Å². The standard InChI is InChI=1S/C15H29NO/c1-13(12-14-6-5-7-14)16-10-11-17-15-8-3-2-4-9-15/h13-16H,2-12H2,1H3. The summed E-state index contributed by atoms with van der Waals surface area (Å²) in [7, 11) is 0. The van der Waals surface area contributed by atoms with E-state index in [1.54, 1.807) is 0 Å². The van der Waals surface area contributed by atoms with Crippen LogP contribution < -0.4 is 5.32 Å². The predicted molar refractivity (Wildman–Crippen MR) is 72.2 cm³/mol. The van der Waals surface area contributed by atoms with Crippen LogP contribution in [0.3, 0.4) is 0 Å². The van der Waals surface area contributed by atoms with Gasteiger partial charge in [-0.15, -0.1) is 0 Å². The van der Waals surface area contributed by atoms with E-state index in [2.05, 4.69) is 12.2 Å². The van der Waals surface area contributed by atoms with E-state index in [0.717, 1.165) is 19.1 Å². The van der Waals surface area contributed by atoms with Crippen molar-refractivity contribution in [3.63, 3.8) is 0 Å². The molecule has 0 spiro atoms. The van der Waals surface area contributed by atoms with Crippen LogP contribution in [0, 0.1) is 5.92 Å². The van der Waals surface area contributed by atoms with Crippen LogP contribution in [0.5, 0.6) is 0 Å². The zero-order chi connectivity index (χ0) is 11.9. The van der Waals surface area contributed by atoms with Gasteiger partial charge in [-0.3, -0.25) is 0 Å². The number of rotatable bonds is 7. The summed E-state index contributed by atoms with van der Waals surface area (Å²) in [4.78, 5) is 0. The molecule has 0 amide bonds. The highest BCUT2D eigenvalue weighted by Crippen LogP contribution is 2.30. The minimum Gasteiger partial charge on any atom is -0.377 e. The molecule has 2 heteroatoms. The second kappa shape index (κ2) is 7.38. The Bertz CT molecular complexity index is 197. The highest BCUT2D eigenvalue weighted by atomic mass is 16.5. The molecule has 0 aromatic carbocycles. The summed E-state index contributed by atoms with van der Waals surface area (Å²) in [5, 5.41) is 3.60. The van der Waals surface area contributed by atoms with Crippen LogP contribution in [0.25, 0.3) is 0 Å². The molecule has 0 radical (unpaired) electrons. The molecule has 1 unspecified atom stereocenters. The highest BCUT2D eigenvalue weighted by molar-refractivity contribution is 4.74. The minimum absolute atomic E-state index is 0.562. The molecule has 0 heterocycles. The fourth-order valence-electron chi connectivity index (χ4n) is 3.07. The molecule has 1 atom stereocenters.